The number of nitrogens with zero attached hydrogens (tertiary/aromatic N) is 4. The highest BCUT2D eigenvalue weighted by atomic mass is 127. The minimum absolute atomic E-state index is 0. The van der Waals surface area contributed by atoms with Crippen LogP contribution in [0.3, 0.4) is 0 Å². The van der Waals surface area contributed by atoms with E-state index in [0.29, 0.717) is 18.5 Å². The third kappa shape index (κ3) is 9.54. The largest absolute Gasteiger partial charge is 0.379 e. The van der Waals surface area contributed by atoms with Crippen molar-refractivity contribution in [2.24, 2.45) is 10.9 Å². The molecule has 3 rings (SSSR count). The first-order valence-corrected chi connectivity index (χ1v) is 12.2. The van der Waals surface area contributed by atoms with Crippen molar-refractivity contribution in [3.63, 3.8) is 0 Å². The quantitative estimate of drug-likeness (QED) is 0.267. The molecule has 33 heavy (non-hydrogen) atoms. The molecule has 2 unspecified atom stereocenters. The van der Waals surface area contributed by atoms with Gasteiger partial charge in [-0.25, -0.2) is 9.98 Å². The van der Waals surface area contributed by atoms with Gasteiger partial charge in [0.15, 0.2) is 5.96 Å². The van der Waals surface area contributed by atoms with Gasteiger partial charge in [-0.15, -0.1) is 24.0 Å². The molecule has 0 radical (unpaired) electrons. The number of pyridine rings is 1. The predicted octanol–water partition coefficient (Wildman–Crippen LogP) is 2.73. The molecule has 0 saturated carbocycles. The molecule has 3 heterocycles. The lowest BCUT2D eigenvalue weighted by atomic mass is 10.0. The Balaban J connectivity index is 0.00000385. The number of guanidine groups is 1. The van der Waals surface area contributed by atoms with Crippen LogP contribution in [-0.4, -0.2) is 87.1 Å². The number of rotatable bonds is 9. The SMILES string of the molecule is CCNC(=NCc1ccc(N2CCOC(C)C2)nc1)NCC(CC(C)C)N1CCOCC1.I. The summed E-state index contributed by atoms with van der Waals surface area (Å²) in [5, 5.41) is 6.96. The standard InChI is InChI=1S/C24H42N6O2.HI/c1-5-25-24(28-17-22(14-19(2)3)29-8-11-31-12-9-29)27-16-21-6-7-23(26-15-21)30-10-13-32-20(4)18-30;/h6-7,15,19-20,22H,5,8-14,16-18H2,1-4H3,(H2,25,27,28);1H. The van der Waals surface area contributed by atoms with E-state index in [1.54, 1.807) is 0 Å². The Bertz CT molecular complexity index is 697. The third-order valence-electron chi connectivity index (χ3n) is 5.95. The van der Waals surface area contributed by atoms with Crippen molar-refractivity contribution in [3.05, 3.63) is 23.9 Å². The van der Waals surface area contributed by atoms with Crippen LogP contribution in [0.1, 0.15) is 39.7 Å². The van der Waals surface area contributed by atoms with Crippen molar-refractivity contribution in [1.29, 1.82) is 0 Å². The number of morpholine rings is 2. The average molecular weight is 575 g/mol. The third-order valence-corrected chi connectivity index (χ3v) is 5.95. The summed E-state index contributed by atoms with van der Waals surface area (Å²) >= 11 is 0. The molecule has 0 aliphatic carbocycles. The van der Waals surface area contributed by atoms with Gasteiger partial charge in [-0.05, 0) is 37.8 Å². The van der Waals surface area contributed by atoms with Crippen LogP contribution < -0.4 is 15.5 Å². The molecule has 9 heteroatoms. The molecule has 0 spiro atoms. The van der Waals surface area contributed by atoms with Crippen LogP contribution in [0.4, 0.5) is 5.82 Å². The van der Waals surface area contributed by atoms with E-state index in [4.69, 9.17) is 14.5 Å². The molecular formula is C24H43IN6O2. The molecule has 2 saturated heterocycles. The fourth-order valence-corrected chi connectivity index (χ4v) is 4.30. The van der Waals surface area contributed by atoms with E-state index in [9.17, 15) is 0 Å². The van der Waals surface area contributed by atoms with Crippen molar-refractivity contribution in [2.75, 3.05) is 64.0 Å². The maximum atomic E-state index is 5.63. The highest BCUT2D eigenvalue weighted by molar-refractivity contribution is 14.0. The Morgan fingerprint density at radius 1 is 1.18 bits per heavy atom. The summed E-state index contributed by atoms with van der Waals surface area (Å²) in [4.78, 5) is 14.3. The number of nitrogens with one attached hydrogen (secondary N) is 2. The zero-order chi connectivity index (χ0) is 22.8. The lowest BCUT2D eigenvalue weighted by molar-refractivity contribution is 0.0132. The summed E-state index contributed by atoms with van der Waals surface area (Å²) in [6.45, 7) is 17.3. The molecule has 2 aliphatic rings. The Morgan fingerprint density at radius 3 is 2.61 bits per heavy atom. The summed E-state index contributed by atoms with van der Waals surface area (Å²) in [6.07, 6.45) is 3.36. The normalized spacial score (nSPS) is 20.9. The number of ether oxygens (including phenoxy) is 2. The van der Waals surface area contributed by atoms with Gasteiger partial charge in [0.05, 0.1) is 32.5 Å². The van der Waals surface area contributed by atoms with Gasteiger partial charge in [-0.2, -0.15) is 0 Å². The number of hydrogen-bond donors (Lipinski definition) is 2. The lowest BCUT2D eigenvalue weighted by Crippen LogP contribution is -2.51. The Morgan fingerprint density at radius 2 is 1.97 bits per heavy atom. The van der Waals surface area contributed by atoms with Crippen LogP contribution in [-0.2, 0) is 16.0 Å². The van der Waals surface area contributed by atoms with Crippen LogP contribution in [0.5, 0.6) is 0 Å². The molecule has 8 nitrogen and oxygen atoms in total. The van der Waals surface area contributed by atoms with Crippen LogP contribution in [0.25, 0.3) is 0 Å². The van der Waals surface area contributed by atoms with E-state index >= 15 is 0 Å². The van der Waals surface area contributed by atoms with E-state index < -0.39 is 0 Å². The Labute approximate surface area is 216 Å². The first-order valence-electron chi connectivity index (χ1n) is 12.2. The number of hydrogen-bond acceptors (Lipinski definition) is 6. The summed E-state index contributed by atoms with van der Waals surface area (Å²) in [7, 11) is 0. The minimum Gasteiger partial charge on any atom is -0.379 e. The van der Waals surface area contributed by atoms with E-state index in [1.165, 1.54) is 0 Å². The molecule has 0 amide bonds. The van der Waals surface area contributed by atoms with Crippen molar-refractivity contribution in [3.8, 4) is 0 Å². The zero-order valence-electron chi connectivity index (χ0n) is 20.8. The van der Waals surface area contributed by atoms with E-state index in [0.717, 1.165) is 82.9 Å². The van der Waals surface area contributed by atoms with Crippen molar-refractivity contribution in [1.82, 2.24) is 20.5 Å². The Hall–Kier alpha value is -1.17. The summed E-state index contributed by atoms with van der Waals surface area (Å²) in [6, 6.07) is 4.71. The maximum absolute atomic E-state index is 5.63. The highest BCUT2D eigenvalue weighted by Crippen LogP contribution is 2.16. The molecule has 1 aromatic rings. The van der Waals surface area contributed by atoms with Crippen LogP contribution in [0.15, 0.2) is 23.3 Å². The maximum Gasteiger partial charge on any atom is 0.191 e. The summed E-state index contributed by atoms with van der Waals surface area (Å²) in [5.74, 6) is 2.53. The van der Waals surface area contributed by atoms with Gasteiger partial charge in [0.25, 0.3) is 0 Å². The topological polar surface area (TPSA) is 74.2 Å². The minimum atomic E-state index is 0. The molecule has 0 bridgehead atoms. The molecular weight excluding hydrogens is 531 g/mol. The van der Waals surface area contributed by atoms with Gasteiger partial charge >= 0.3 is 0 Å². The van der Waals surface area contributed by atoms with Crippen molar-refractivity contribution < 1.29 is 9.47 Å². The average Bonchev–Trinajstić information content (AvgIpc) is 2.80. The monoisotopic (exact) mass is 574 g/mol. The van der Waals surface area contributed by atoms with Gasteiger partial charge in [0.1, 0.15) is 5.82 Å². The number of halogens is 1. The van der Waals surface area contributed by atoms with Crippen LogP contribution in [0, 0.1) is 5.92 Å². The molecule has 2 aliphatic heterocycles. The molecule has 2 fully saturated rings. The first kappa shape index (κ1) is 28.1. The van der Waals surface area contributed by atoms with Gasteiger partial charge in [-0.3, -0.25) is 4.90 Å². The van der Waals surface area contributed by atoms with Gasteiger partial charge in [0, 0.05) is 51.5 Å². The van der Waals surface area contributed by atoms with Crippen molar-refractivity contribution >= 4 is 35.8 Å². The van der Waals surface area contributed by atoms with E-state index in [2.05, 4.69) is 65.2 Å². The number of anilines is 1. The fourth-order valence-electron chi connectivity index (χ4n) is 4.30. The number of aliphatic imine (C=N–C) groups is 1. The summed E-state index contributed by atoms with van der Waals surface area (Å²) in [5.41, 5.74) is 1.11. The van der Waals surface area contributed by atoms with Gasteiger partial charge in [-0.1, -0.05) is 19.9 Å². The van der Waals surface area contributed by atoms with E-state index in [1.807, 2.05) is 6.20 Å². The Kier molecular flexibility index (Phi) is 12.7. The zero-order valence-corrected chi connectivity index (χ0v) is 23.1. The fraction of sp³-hybridized carbons (Fsp3) is 0.750. The second-order valence-electron chi connectivity index (χ2n) is 9.16. The molecule has 0 aromatic carbocycles. The summed E-state index contributed by atoms with van der Waals surface area (Å²) < 4.78 is 11.2. The number of aromatic nitrogens is 1. The van der Waals surface area contributed by atoms with Crippen LogP contribution >= 0.6 is 24.0 Å². The highest BCUT2D eigenvalue weighted by Gasteiger charge is 2.22. The second-order valence-corrected chi connectivity index (χ2v) is 9.16. The smallest absolute Gasteiger partial charge is 0.191 e. The molecule has 1 aromatic heterocycles. The molecule has 188 valence electrons. The van der Waals surface area contributed by atoms with Crippen LogP contribution in [0.2, 0.25) is 0 Å². The lowest BCUT2D eigenvalue weighted by Gasteiger charge is -2.35. The second kappa shape index (κ2) is 15.0. The molecule has 2 N–H and O–H groups in total. The molecule has 2 atom stereocenters. The van der Waals surface area contributed by atoms with E-state index in [-0.39, 0.29) is 30.1 Å². The predicted molar refractivity (Wildman–Crippen MR) is 146 cm³/mol. The first-order chi connectivity index (χ1) is 15.5. The van der Waals surface area contributed by atoms with Gasteiger partial charge < -0.3 is 25.0 Å². The van der Waals surface area contributed by atoms with Gasteiger partial charge in [0.2, 0.25) is 0 Å². The van der Waals surface area contributed by atoms with Crippen molar-refractivity contribution in [2.45, 2.75) is 52.8 Å².